The number of methoxy groups -OCH3 is 2. The third kappa shape index (κ3) is 4.13. The van der Waals surface area contributed by atoms with Crippen molar-refractivity contribution in [2.75, 3.05) is 14.2 Å². The molecule has 0 radical (unpaired) electrons. The fraction of sp³-hybridized carbons (Fsp3) is 0.267. The summed E-state index contributed by atoms with van der Waals surface area (Å²) in [5.41, 5.74) is 0.864. The number of hydrogen-bond acceptors (Lipinski definition) is 4. The zero-order chi connectivity index (χ0) is 15.1. The minimum atomic E-state index is -0.215. The van der Waals surface area contributed by atoms with Crippen molar-refractivity contribution in [1.82, 2.24) is 10.6 Å². The molecule has 21 heavy (non-hydrogen) atoms. The van der Waals surface area contributed by atoms with Crippen molar-refractivity contribution in [3.05, 3.63) is 46.2 Å². The Hall–Kier alpha value is -2.21. The smallest absolute Gasteiger partial charge is 0.315 e. The molecule has 0 bridgehead atoms. The van der Waals surface area contributed by atoms with Gasteiger partial charge >= 0.3 is 6.03 Å². The molecule has 6 heteroatoms. The average Bonchev–Trinajstić information content (AvgIpc) is 3.03. The molecule has 0 fully saturated rings. The fourth-order valence-electron chi connectivity index (χ4n) is 1.91. The van der Waals surface area contributed by atoms with Gasteiger partial charge in [0, 0.05) is 17.0 Å². The van der Waals surface area contributed by atoms with Crippen LogP contribution in [0.5, 0.6) is 11.5 Å². The van der Waals surface area contributed by atoms with Crippen molar-refractivity contribution < 1.29 is 14.3 Å². The molecular weight excluding hydrogens is 288 g/mol. The van der Waals surface area contributed by atoms with Gasteiger partial charge < -0.3 is 20.1 Å². The Morgan fingerprint density at radius 2 is 1.90 bits per heavy atom. The van der Waals surface area contributed by atoms with E-state index < -0.39 is 0 Å². The molecule has 0 unspecified atom stereocenters. The topological polar surface area (TPSA) is 59.6 Å². The fourth-order valence-corrected chi connectivity index (χ4v) is 2.56. The summed E-state index contributed by atoms with van der Waals surface area (Å²) in [6.45, 7) is 0.898. The predicted octanol–water partition coefficient (Wildman–Crippen LogP) is 2.76. The summed E-state index contributed by atoms with van der Waals surface area (Å²) >= 11 is 1.61. The van der Waals surface area contributed by atoms with Crippen LogP contribution in [0.15, 0.2) is 35.7 Å². The van der Waals surface area contributed by atoms with E-state index in [1.807, 2.05) is 35.7 Å². The maximum absolute atomic E-state index is 11.8. The van der Waals surface area contributed by atoms with Crippen LogP contribution in [0, 0.1) is 0 Å². The Bertz CT molecular complexity index is 585. The number of ether oxygens (including phenoxy) is 2. The van der Waals surface area contributed by atoms with E-state index in [4.69, 9.17) is 9.47 Å². The molecule has 0 aliphatic rings. The molecule has 112 valence electrons. The van der Waals surface area contributed by atoms with Gasteiger partial charge in [0.05, 0.1) is 20.8 Å². The Labute approximate surface area is 127 Å². The average molecular weight is 306 g/mol. The van der Waals surface area contributed by atoms with Gasteiger partial charge in [-0.05, 0) is 17.5 Å². The van der Waals surface area contributed by atoms with Gasteiger partial charge in [-0.3, -0.25) is 0 Å². The normalized spacial score (nSPS) is 10.0. The summed E-state index contributed by atoms with van der Waals surface area (Å²) in [5, 5.41) is 7.60. The van der Waals surface area contributed by atoms with Gasteiger partial charge in [-0.1, -0.05) is 18.2 Å². The van der Waals surface area contributed by atoms with Crippen molar-refractivity contribution in [2.45, 2.75) is 13.1 Å². The first kappa shape index (κ1) is 15.2. The molecule has 0 aliphatic carbocycles. The first-order chi connectivity index (χ1) is 10.2. The number of nitrogens with one attached hydrogen (secondary N) is 2. The maximum Gasteiger partial charge on any atom is 0.315 e. The van der Waals surface area contributed by atoms with Crippen molar-refractivity contribution >= 4 is 17.4 Å². The quantitative estimate of drug-likeness (QED) is 0.863. The van der Waals surface area contributed by atoms with Crippen LogP contribution in [-0.2, 0) is 13.1 Å². The molecule has 1 heterocycles. The lowest BCUT2D eigenvalue weighted by Crippen LogP contribution is -2.34. The van der Waals surface area contributed by atoms with E-state index in [0.717, 1.165) is 10.4 Å². The van der Waals surface area contributed by atoms with E-state index in [-0.39, 0.29) is 6.03 Å². The lowest BCUT2D eigenvalue weighted by atomic mass is 10.2. The Kier molecular flexibility index (Phi) is 5.45. The van der Waals surface area contributed by atoms with Crippen molar-refractivity contribution in [2.24, 2.45) is 0 Å². The van der Waals surface area contributed by atoms with Gasteiger partial charge in [-0.15, -0.1) is 11.3 Å². The lowest BCUT2D eigenvalue weighted by Gasteiger charge is -2.13. The summed E-state index contributed by atoms with van der Waals surface area (Å²) in [7, 11) is 3.17. The molecule has 0 saturated heterocycles. The number of thiophene rings is 1. The van der Waals surface area contributed by atoms with Crippen LogP contribution in [0.1, 0.15) is 10.4 Å². The van der Waals surface area contributed by atoms with Crippen LogP contribution >= 0.6 is 11.3 Å². The Morgan fingerprint density at radius 3 is 2.57 bits per heavy atom. The molecule has 0 aliphatic heterocycles. The highest BCUT2D eigenvalue weighted by Crippen LogP contribution is 2.30. The summed E-state index contributed by atoms with van der Waals surface area (Å²) < 4.78 is 10.6. The number of rotatable bonds is 6. The zero-order valence-electron chi connectivity index (χ0n) is 12.0. The lowest BCUT2D eigenvalue weighted by molar-refractivity contribution is 0.240. The van der Waals surface area contributed by atoms with Gasteiger partial charge in [0.1, 0.15) is 0 Å². The first-order valence-electron chi connectivity index (χ1n) is 6.48. The van der Waals surface area contributed by atoms with Crippen LogP contribution in [-0.4, -0.2) is 20.3 Å². The second-order valence-electron chi connectivity index (χ2n) is 4.27. The molecular formula is C15H18N2O3S. The molecule has 0 atom stereocenters. The van der Waals surface area contributed by atoms with E-state index in [0.29, 0.717) is 24.6 Å². The minimum absolute atomic E-state index is 0.215. The summed E-state index contributed by atoms with van der Waals surface area (Å²) in [5.74, 6) is 1.29. The highest BCUT2D eigenvalue weighted by molar-refractivity contribution is 7.09. The standard InChI is InChI=1S/C15H18N2O3S/c1-19-13-7-3-5-11(14(13)20-2)9-16-15(18)17-10-12-6-4-8-21-12/h3-8H,9-10H2,1-2H3,(H2,16,17,18). The Morgan fingerprint density at radius 1 is 1.10 bits per heavy atom. The largest absolute Gasteiger partial charge is 0.493 e. The number of urea groups is 1. The first-order valence-corrected chi connectivity index (χ1v) is 7.36. The van der Waals surface area contributed by atoms with Gasteiger partial charge in [0.25, 0.3) is 0 Å². The summed E-state index contributed by atoms with van der Waals surface area (Å²) in [6, 6.07) is 9.30. The predicted molar refractivity (Wildman–Crippen MR) is 82.9 cm³/mol. The molecule has 2 amide bonds. The Balaban J connectivity index is 1.89. The number of hydrogen-bond donors (Lipinski definition) is 2. The number of carbonyl (C=O) groups is 1. The van der Waals surface area contributed by atoms with E-state index >= 15 is 0 Å². The molecule has 1 aromatic carbocycles. The van der Waals surface area contributed by atoms with Gasteiger partial charge in [-0.2, -0.15) is 0 Å². The SMILES string of the molecule is COc1cccc(CNC(=O)NCc2cccs2)c1OC. The van der Waals surface area contributed by atoms with Crippen molar-refractivity contribution in [1.29, 1.82) is 0 Å². The van der Waals surface area contributed by atoms with Crippen molar-refractivity contribution in [3.8, 4) is 11.5 Å². The maximum atomic E-state index is 11.8. The summed E-state index contributed by atoms with van der Waals surface area (Å²) in [6.07, 6.45) is 0. The van der Waals surface area contributed by atoms with Crippen LogP contribution in [0.4, 0.5) is 4.79 Å². The summed E-state index contributed by atoms with van der Waals surface area (Å²) in [4.78, 5) is 12.9. The number of para-hydroxylation sites is 1. The number of amides is 2. The van der Waals surface area contributed by atoms with Gasteiger partial charge in [0.2, 0.25) is 0 Å². The minimum Gasteiger partial charge on any atom is -0.493 e. The van der Waals surface area contributed by atoms with E-state index in [1.165, 1.54) is 0 Å². The van der Waals surface area contributed by atoms with Crippen LogP contribution < -0.4 is 20.1 Å². The van der Waals surface area contributed by atoms with Crippen LogP contribution in [0.2, 0.25) is 0 Å². The molecule has 5 nitrogen and oxygen atoms in total. The monoisotopic (exact) mass is 306 g/mol. The van der Waals surface area contributed by atoms with Crippen LogP contribution in [0.25, 0.3) is 0 Å². The molecule has 1 aromatic heterocycles. The number of benzene rings is 1. The third-order valence-corrected chi connectivity index (χ3v) is 3.80. The second-order valence-corrected chi connectivity index (χ2v) is 5.30. The van der Waals surface area contributed by atoms with E-state index in [2.05, 4.69) is 10.6 Å². The van der Waals surface area contributed by atoms with Crippen LogP contribution in [0.3, 0.4) is 0 Å². The van der Waals surface area contributed by atoms with E-state index in [1.54, 1.807) is 25.6 Å². The molecule has 2 rings (SSSR count). The molecule has 0 saturated carbocycles. The van der Waals surface area contributed by atoms with Gasteiger partial charge in [0.15, 0.2) is 11.5 Å². The zero-order valence-corrected chi connectivity index (χ0v) is 12.8. The number of carbonyl (C=O) groups excluding carboxylic acids is 1. The molecule has 2 N–H and O–H groups in total. The highest BCUT2D eigenvalue weighted by Gasteiger charge is 2.10. The highest BCUT2D eigenvalue weighted by atomic mass is 32.1. The molecule has 2 aromatic rings. The third-order valence-electron chi connectivity index (χ3n) is 2.93. The van der Waals surface area contributed by atoms with E-state index in [9.17, 15) is 4.79 Å². The second kappa shape index (κ2) is 7.54. The molecule has 0 spiro atoms. The van der Waals surface area contributed by atoms with Crippen molar-refractivity contribution in [3.63, 3.8) is 0 Å². The van der Waals surface area contributed by atoms with Gasteiger partial charge in [-0.25, -0.2) is 4.79 Å².